The van der Waals surface area contributed by atoms with Crippen LogP contribution >= 0.6 is 0 Å². The minimum Gasteiger partial charge on any atom is -0.317 e. The van der Waals surface area contributed by atoms with Gasteiger partial charge in [-0.1, -0.05) is 0 Å². The third-order valence-corrected chi connectivity index (χ3v) is 5.29. The molecule has 6 nitrogen and oxygen atoms in total. The van der Waals surface area contributed by atoms with Crippen molar-refractivity contribution < 1.29 is 8.42 Å². The van der Waals surface area contributed by atoms with E-state index in [4.69, 9.17) is 0 Å². The van der Waals surface area contributed by atoms with Gasteiger partial charge in [-0.15, -0.1) is 0 Å². The number of fused-ring (bicyclic) bond motifs is 1. The predicted octanol–water partition coefficient (Wildman–Crippen LogP) is 1.06. The predicted molar refractivity (Wildman–Crippen MR) is 74.5 cm³/mol. The molecule has 0 aliphatic carbocycles. The van der Waals surface area contributed by atoms with E-state index in [-0.39, 0.29) is 5.25 Å². The van der Waals surface area contributed by atoms with Crippen molar-refractivity contribution >= 4 is 26.6 Å². The molecule has 0 atom stereocenters. The first-order valence-electron chi connectivity index (χ1n) is 6.31. The molecular weight excluding hydrogens is 264 g/mol. The lowest BCUT2D eigenvalue weighted by Crippen LogP contribution is -2.38. The van der Waals surface area contributed by atoms with Crippen molar-refractivity contribution in [3.8, 4) is 0 Å². The molecule has 0 unspecified atom stereocenters. The van der Waals surface area contributed by atoms with Crippen LogP contribution in [-0.2, 0) is 10.0 Å². The number of anilines is 1. The number of piperidine rings is 1. The fraction of sp³-hybridized carbons (Fsp3) is 0.417. The largest absolute Gasteiger partial charge is 0.317 e. The third-order valence-electron chi connectivity index (χ3n) is 3.43. The van der Waals surface area contributed by atoms with Gasteiger partial charge >= 0.3 is 0 Å². The number of nitrogens with one attached hydrogen (secondary N) is 3. The number of benzene rings is 1. The lowest BCUT2D eigenvalue weighted by atomic mass is 10.2. The standard InChI is InChI=1S/C12H16N4O2S/c17-19(18,11-3-5-13-6-4-11)16-10-1-2-12-9(7-10)8-14-15-12/h1-2,7-8,11,13,16H,3-6H2,(H,14,15). The molecule has 1 aromatic heterocycles. The third kappa shape index (κ3) is 2.57. The molecule has 102 valence electrons. The van der Waals surface area contributed by atoms with E-state index in [0.717, 1.165) is 24.0 Å². The van der Waals surface area contributed by atoms with Crippen LogP contribution in [0, 0.1) is 0 Å². The maximum absolute atomic E-state index is 12.3. The Morgan fingerprint density at radius 2 is 2.05 bits per heavy atom. The van der Waals surface area contributed by atoms with E-state index in [1.54, 1.807) is 18.3 Å². The summed E-state index contributed by atoms with van der Waals surface area (Å²) in [5, 5.41) is 10.5. The van der Waals surface area contributed by atoms with Crippen molar-refractivity contribution in [3.63, 3.8) is 0 Å². The van der Waals surface area contributed by atoms with Crippen molar-refractivity contribution in [2.75, 3.05) is 17.8 Å². The van der Waals surface area contributed by atoms with Gasteiger partial charge in [0, 0.05) is 11.1 Å². The van der Waals surface area contributed by atoms with Gasteiger partial charge in [-0.2, -0.15) is 5.10 Å². The Balaban J connectivity index is 1.82. The molecule has 1 aliphatic rings. The number of hydrogen-bond acceptors (Lipinski definition) is 4. The van der Waals surface area contributed by atoms with Crippen LogP contribution in [0.5, 0.6) is 0 Å². The highest BCUT2D eigenvalue weighted by Gasteiger charge is 2.27. The highest BCUT2D eigenvalue weighted by Crippen LogP contribution is 2.21. The first-order chi connectivity index (χ1) is 9.15. The van der Waals surface area contributed by atoms with Crippen LogP contribution in [0.1, 0.15) is 12.8 Å². The molecule has 0 saturated carbocycles. The Morgan fingerprint density at radius 3 is 2.84 bits per heavy atom. The van der Waals surface area contributed by atoms with E-state index < -0.39 is 10.0 Å². The van der Waals surface area contributed by atoms with Crippen LogP contribution in [0.15, 0.2) is 24.4 Å². The Morgan fingerprint density at radius 1 is 1.26 bits per heavy atom. The molecule has 0 spiro atoms. The monoisotopic (exact) mass is 280 g/mol. The van der Waals surface area contributed by atoms with E-state index in [1.165, 1.54) is 0 Å². The fourth-order valence-electron chi connectivity index (χ4n) is 2.36. The molecule has 2 aromatic rings. The molecule has 19 heavy (non-hydrogen) atoms. The number of rotatable bonds is 3. The molecular formula is C12H16N4O2S. The summed E-state index contributed by atoms with van der Waals surface area (Å²) >= 11 is 0. The zero-order chi connectivity index (χ0) is 13.3. The smallest absolute Gasteiger partial charge is 0.235 e. The van der Waals surface area contributed by atoms with Gasteiger partial charge in [0.25, 0.3) is 0 Å². The van der Waals surface area contributed by atoms with Crippen molar-refractivity contribution in [1.82, 2.24) is 15.5 Å². The van der Waals surface area contributed by atoms with Gasteiger partial charge in [-0.25, -0.2) is 8.42 Å². The topological polar surface area (TPSA) is 86.9 Å². The van der Waals surface area contributed by atoms with E-state index in [9.17, 15) is 8.42 Å². The lowest BCUT2D eigenvalue weighted by molar-refractivity contribution is 0.499. The molecule has 3 rings (SSSR count). The number of nitrogens with zero attached hydrogens (tertiary/aromatic N) is 1. The molecule has 2 heterocycles. The van der Waals surface area contributed by atoms with Gasteiger partial charge in [0.1, 0.15) is 0 Å². The minimum absolute atomic E-state index is 0.311. The Bertz CT molecular complexity index is 674. The summed E-state index contributed by atoms with van der Waals surface area (Å²) in [6.07, 6.45) is 2.99. The maximum Gasteiger partial charge on any atom is 0.235 e. The summed E-state index contributed by atoms with van der Waals surface area (Å²) in [4.78, 5) is 0. The second-order valence-corrected chi connectivity index (χ2v) is 6.73. The summed E-state index contributed by atoms with van der Waals surface area (Å²) in [6.45, 7) is 1.51. The van der Waals surface area contributed by atoms with Crippen molar-refractivity contribution in [2.45, 2.75) is 18.1 Å². The normalized spacial score (nSPS) is 17.7. The Hall–Kier alpha value is -1.60. The molecule has 0 amide bonds. The number of aromatic nitrogens is 2. The van der Waals surface area contributed by atoms with Crippen LogP contribution < -0.4 is 10.0 Å². The number of aromatic amines is 1. The van der Waals surface area contributed by atoms with Gasteiger partial charge < -0.3 is 5.32 Å². The molecule has 1 aliphatic heterocycles. The molecule has 1 aromatic carbocycles. The molecule has 1 fully saturated rings. The summed E-state index contributed by atoms with van der Waals surface area (Å²) in [5.41, 5.74) is 1.48. The van der Waals surface area contributed by atoms with Gasteiger partial charge in [0.05, 0.1) is 17.0 Å². The van der Waals surface area contributed by atoms with Crippen molar-refractivity contribution in [1.29, 1.82) is 0 Å². The first-order valence-corrected chi connectivity index (χ1v) is 7.85. The SMILES string of the molecule is O=S(=O)(Nc1ccc2[nH]ncc2c1)C1CCNCC1. The van der Waals surface area contributed by atoms with Gasteiger partial charge in [0.2, 0.25) is 10.0 Å². The maximum atomic E-state index is 12.3. The van der Waals surface area contributed by atoms with Crippen LogP contribution in [-0.4, -0.2) is 37.0 Å². The zero-order valence-electron chi connectivity index (χ0n) is 10.4. The van der Waals surface area contributed by atoms with E-state index >= 15 is 0 Å². The zero-order valence-corrected chi connectivity index (χ0v) is 11.2. The molecule has 1 saturated heterocycles. The Kier molecular flexibility index (Phi) is 3.16. The second-order valence-electron chi connectivity index (χ2n) is 4.77. The average molecular weight is 280 g/mol. The molecule has 0 radical (unpaired) electrons. The molecule has 7 heteroatoms. The van der Waals surface area contributed by atoms with Gasteiger partial charge in [0.15, 0.2) is 0 Å². The quantitative estimate of drug-likeness (QED) is 0.784. The van der Waals surface area contributed by atoms with E-state index in [0.29, 0.717) is 18.5 Å². The van der Waals surface area contributed by atoms with Crippen LogP contribution in [0.2, 0.25) is 0 Å². The molecule has 0 bridgehead atoms. The van der Waals surface area contributed by atoms with E-state index in [1.807, 2.05) is 6.07 Å². The van der Waals surface area contributed by atoms with Crippen LogP contribution in [0.4, 0.5) is 5.69 Å². The van der Waals surface area contributed by atoms with E-state index in [2.05, 4.69) is 20.2 Å². The number of hydrogen-bond donors (Lipinski definition) is 3. The van der Waals surface area contributed by atoms with Gasteiger partial charge in [-0.3, -0.25) is 9.82 Å². The Labute approximate surface area is 111 Å². The molecule has 3 N–H and O–H groups in total. The van der Waals surface area contributed by atoms with Crippen molar-refractivity contribution in [2.24, 2.45) is 0 Å². The summed E-state index contributed by atoms with van der Waals surface area (Å²) in [6, 6.07) is 5.36. The lowest BCUT2D eigenvalue weighted by Gasteiger charge is -2.23. The summed E-state index contributed by atoms with van der Waals surface area (Å²) < 4.78 is 27.2. The summed E-state index contributed by atoms with van der Waals surface area (Å²) in [5.74, 6) is 0. The summed E-state index contributed by atoms with van der Waals surface area (Å²) in [7, 11) is -3.31. The number of H-pyrrole nitrogens is 1. The van der Waals surface area contributed by atoms with Crippen LogP contribution in [0.25, 0.3) is 10.9 Å². The second kappa shape index (κ2) is 4.82. The fourth-order valence-corrected chi connectivity index (χ4v) is 3.84. The first kappa shape index (κ1) is 12.4. The van der Waals surface area contributed by atoms with Crippen molar-refractivity contribution in [3.05, 3.63) is 24.4 Å². The minimum atomic E-state index is -3.31. The average Bonchev–Trinajstić information content (AvgIpc) is 2.87. The highest BCUT2D eigenvalue weighted by molar-refractivity contribution is 7.93. The number of sulfonamides is 1. The van der Waals surface area contributed by atoms with Gasteiger partial charge in [-0.05, 0) is 44.1 Å². The van der Waals surface area contributed by atoms with Crippen LogP contribution in [0.3, 0.4) is 0 Å². The highest BCUT2D eigenvalue weighted by atomic mass is 32.2.